The summed E-state index contributed by atoms with van der Waals surface area (Å²) in [6.45, 7) is 4.36. The molecular weight excluding hydrogens is 376 g/mol. The molecule has 0 aliphatic carbocycles. The van der Waals surface area contributed by atoms with Crippen molar-refractivity contribution in [1.29, 1.82) is 0 Å². The Balaban J connectivity index is 2.14. The lowest BCUT2D eigenvalue weighted by Gasteiger charge is -2.19. The number of rotatable bonds is 8. The van der Waals surface area contributed by atoms with Gasteiger partial charge < -0.3 is 0 Å². The molecule has 0 saturated heterocycles. The van der Waals surface area contributed by atoms with Gasteiger partial charge >= 0.3 is 0 Å². The average molecular weight is 397 g/mol. The van der Waals surface area contributed by atoms with Crippen LogP contribution in [0.15, 0.2) is 53.4 Å². The third-order valence-electron chi connectivity index (χ3n) is 3.77. The molecule has 0 heterocycles. The Hall–Kier alpha value is -1.93. The van der Waals surface area contributed by atoms with Crippen LogP contribution in [0.2, 0.25) is 5.02 Å². The number of carbonyl (C=O) groups is 1. The highest BCUT2D eigenvalue weighted by molar-refractivity contribution is 7.89. The van der Waals surface area contributed by atoms with Crippen LogP contribution in [0.25, 0.3) is 0 Å². The van der Waals surface area contributed by atoms with Gasteiger partial charge in [0, 0.05) is 13.1 Å². The Bertz CT molecular complexity index is 853. The second-order valence-electron chi connectivity index (χ2n) is 5.44. The van der Waals surface area contributed by atoms with E-state index in [0.717, 1.165) is 5.56 Å². The summed E-state index contributed by atoms with van der Waals surface area (Å²) in [4.78, 5) is 17.5. The number of nitrogens with one attached hydrogen (secondary N) is 1. The number of sulfonamides is 1. The molecule has 0 aromatic heterocycles. The lowest BCUT2D eigenvalue weighted by molar-refractivity contribution is 0.0233. The van der Waals surface area contributed by atoms with Crippen LogP contribution in [0, 0.1) is 0 Å². The first-order valence-corrected chi connectivity index (χ1v) is 9.97. The summed E-state index contributed by atoms with van der Waals surface area (Å²) >= 11 is 6.06. The lowest BCUT2D eigenvalue weighted by Crippen LogP contribution is -2.31. The molecule has 2 aromatic carbocycles. The summed E-state index contributed by atoms with van der Waals surface area (Å²) in [5.74, 6) is -0.609. The first-order chi connectivity index (χ1) is 12.4. The van der Waals surface area contributed by atoms with E-state index in [1.165, 1.54) is 22.5 Å². The number of halogens is 1. The molecule has 0 fully saturated rings. The van der Waals surface area contributed by atoms with Crippen molar-refractivity contribution in [1.82, 2.24) is 9.79 Å². The van der Waals surface area contributed by atoms with Crippen molar-refractivity contribution in [3.8, 4) is 0 Å². The van der Waals surface area contributed by atoms with Gasteiger partial charge in [-0.15, -0.1) is 0 Å². The van der Waals surface area contributed by atoms with E-state index >= 15 is 0 Å². The van der Waals surface area contributed by atoms with Crippen molar-refractivity contribution in [3.63, 3.8) is 0 Å². The van der Waals surface area contributed by atoms with Gasteiger partial charge in [-0.3, -0.25) is 9.63 Å². The Kier molecular flexibility index (Phi) is 7.16. The highest BCUT2D eigenvalue weighted by Gasteiger charge is 2.23. The molecule has 0 radical (unpaired) electrons. The van der Waals surface area contributed by atoms with Crippen molar-refractivity contribution in [2.45, 2.75) is 25.3 Å². The van der Waals surface area contributed by atoms with Crippen molar-refractivity contribution in [2.75, 3.05) is 13.1 Å². The topological polar surface area (TPSA) is 75.7 Å². The van der Waals surface area contributed by atoms with E-state index in [1.807, 2.05) is 30.3 Å². The predicted molar refractivity (Wildman–Crippen MR) is 100 cm³/mol. The number of hydroxylamine groups is 1. The van der Waals surface area contributed by atoms with Crippen molar-refractivity contribution >= 4 is 27.5 Å². The van der Waals surface area contributed by atoms with Gasteiger partial charge in [0.05, 0.1) is 22.1 Å². The van der Waals surface area contributed by atoms with Gasteiger partial charge in [0.2, 0.25) is 10.0 Å². The normalized spacial score (nSPS) is 11.5. The Morgan fingerprint density at radius 1 is 1.12 bits per heavy atom. The molecule has 0 atom stereocenters. The molecule has 140 valence electrons. The van der Waals surface area contributed by atoms with Gasteiger partial charge in [-0.05, 0) is 23.8 Å². The average Bonchev–Trinajstić information content (AvgIpc) is 2.63. The smallest absolute Gasteiger partial charge is 0.269 e. The van der Waals surface area contributed by atoms with Crippen LogP contribution in [0.5, 0.6) is 0 Å². The monoisotopic (exact) mass is 396 g/mol. The minimum absolute atomic E-state index is 0.0128. The highest BCUT2D eigenvalue weighted by atomic mass is 35.5. The van der Waals surface area contributed by atoms with Crippen LogP contribution in [-0.2, 0) is 21.5 Å². The molecular formula is C18H21ClN2O4S. The zero-order valence-electron chi connectivity index (χ0n) is 14.6. The molecule has 1 N–H and O–H groups in total. The minimum Gasteiger partial charge on any atom is -0.269 e. The minimum atomic E-state index is -3.68. The Labute approximate surface area is 158 Å². The Morgan fingerprint density at radius 3 is 2.38 bits per heavy atom. The van der Waals surface area contributed by atoms with E-state index in [1.54, 1.807) is 13.8 Å². The summed E-state index contributed by atoms with van der Waals surface area (Å²) < 4.78 is 26.5. The molecule has 2 aromatic rings. The summed E-state index contributed by atoms with van der Waals surface area (Å²) in [6, 6.07) is 13.4. The molecule has 0 aliphatic rings. The second-order valence-corrected chi connectivity index (χ2v) is 7.78. The maximum Gasteiger partial charge on any atom is 0.276 e. The quantitative estimate of drug-likeness (QED) is 0.695. The largest absolute Gasteiger partial charge is 0.276 e. The number of hydrogen-bond acceptors (Lipinski definition) is 4. The fourth-order valence-electron chi connectivity index (χ4n) is 2.37. The maximum absolute atomic E-state index is 12.6. The Morgan fingerprint density at radius 2 is 1.77 bits per heavy atom. The first-order valence-electron chi connectivity index (χ1n) is 8.15. The van der Waals surface area contributed by atoms with Crippen molar-refractivity contribution in [2.24, 2.45) is 0 Å². The van der Waals surface area contributed by atoms with Crippen LogP contribution in [0.1, 0.15) is 29.8 Å². The zero-order chi connectivity index (χ0) is 19.2. The van der Waals surface area contributed by atoms with Crippen LogP contribution < -0.4 is 5.48 Å². The fourth-order valence-corrected chi connectivity index (χ4v) is 4.05. The van der Waals surface area contributed by atoms with Gasteiger partial charge in [-0.25, -0.2) is 13.9 Å². The van der Waals surface area contributed by atoms with Gasteiger partial charge in [0.15, 0.2) is 0 Å². The molecule has 0 unspecified atom stereocenters. The standard InChI is InChI=1S/C18H21ClN2O4S/c1-3-21(4-2)26(23,24)15-10-11-17(19)16(12-15)18(22)20-25-13-14-8-6-5-7-9-14/h5-12H,3-4,13H2,1-2H3,(H,20,22). The van der Waals surface area contributed by atoms with E-state index in [2.05, 4.69) is 5.48 Å². The number of nitrogens with zero attached hydrogens (tertiary/aromatic N) is 1. The molecule has 0 bridgehead atoms. The predicted octanol–water partition coefficient (Wildman–Crippen LogP) is 3.23. The summed E-state index contributed by atoms with van der Waals surface area (Å²) in [7, 11) is -3.68. The third kappa shape index (κ3) is 4.82. The summed E-state index contributed by atoms with van der Waals surface area (Å²) in [6.07, 6.45) is 0. The number of hydrogen-bond donors (Lipinski definition) is 1. The highest BCUT2D eigenvalue weighted by Crippen LogP contribution is 2.23. The molecule has 2 rings (SSSR count). The number of amides is 1. The van der Waals surface area contributed by atoms with Gasteiger partial charge in [-0.1, -0.05) is 55.8 Å². The SMILES string of the molecule is CCN(CC)S(=O)(=O)c1ccc(Cl)c(C(=O)NOCc2ccccc2)c1. The summed E-state index contributed by atoms with van der Waals surface area (Å²) in [5.41, 5.74) is 3.21. The fraction of sp³-hybridized carbons (Fsp3) is 0.278. The van der Waals surface area contributed by atoms with E-state index < -0.39 is 15.9 Å². The third-order valence-corrected chi connectivity index (χ3v) is 6.15. The molecule has 8 heteroatoms. The van der Waals surface area contributed by atoms with E-state index in [-0.39, 0.29) is 22.1 Å². The number of carbonyl (C=O) groups excluding carboxylic acids is 1. The van der Waals surface area contributed by atoms with Crippen LogP contribution in [0.4, 0.5) is 0 Å². The summed E-state index contributed by atoms with van der Waals surface area (Å²) in [5, 5.41) is 0.143. The van der Waals surface area contributed by atoms with Crippen LogP contribution in [-0.4, -0.2) is 31.7 Å². The van der Waals surface area contributed by atoms with Crippen molar-refractivity contribution < 1.29 is 18.0 Å². The van der Waals surface area contributed by atoms with Gasteiger partial charge in [-0.2, -0.15) is 4.31 Å². The molecule has 6 nitrogen and oxygen atoms in total. The molecule has 0 aliphatic heterocycles. The van der Waals surface area contributed by atoms with Gasteiger partial charge in [0.1, 0.15) is 0 Å². The van der Waals surface area contributed by atoms with Crippen LogP contribution >= 0.6 is 11.6 Å². The molecule has 26 heavy (non-hydrogen) atoms. The van der Waals surface area contributed by atoms with E-state index in [4.69, 9.17) is 16.4 Å². The number of benzene rings is 2. The molecule has 1 amide bonds. The van der Waals surface area contributed by atoms with Crippen molar-refractivity contribution in [3.05, 3.63) is 64.7 Å². The molecule has 0 spiro atoms. The maximum atomic E-state index is 12.6. The van der Waals surface area contributed by atoms with E-state index in [9.17, 15) is 13.2 Å². The second kappa shape index (κ2) is 9.14. The molecule has 0 saturated carbocycles. The lowest BCUT2D eigenvalue weighted by atomic mass is 10.2. The van der Waals surface area contributed by atoms with Crippen LogP contribution in [0.3, 0.4) is 0 Å². The van der Waals surface area contributed by atoms with E-state index in [0.29, 0.717) is 13.1 Å². The first kappa shape index (κ1) is 20.4. The zero-order valence-corrected chi connectivity index (χ0v) is 16.2. The van der Waals surface area contributed by atoms with Gasteiger partial charge in [0.25, 0.3) is 5.91 Å².